The predicted octanol–water partition coefficient (Wildman–Crippen LogP) is 5.32. The Kier molecular flexibility index (Phi) is 5.35. The fourth-order valence-electron chi connectivity index (χ4n) is 1.87. The first-order valence-corrected chi connectivity index (χ1v) is 7.45. The van der Waals surface area contributed by atoms with Gasteiger partial charge in [-0.25, -0.2) is 4.79 Å². The lowest BCUT2D eigenvalue weighted by Gasteiger charge is -2.14. The van der Waals surface area contributed by atoms with Crippen molar-refractivity contribution in [3.63, 3.8) is 0 Å². The molecule has 0 spiro atoms. The van der Waals surface area contributed by atoms with Crippen LogP contribution in [0.1, 0.15) is 26.3 Å². The molecular formula is C15H8Cl4O3. The summed E-state index contributed by atoms with van der Waals surface area (Å²) in [6.07, 6.45) is 0. The number of methoxy groups -OCH3 is 1. The Labute approximate surface area is 146 Å². The van der Waals surface area contributed by atoms with E-state index in [1.165, 1.54) is 0 Å². The average molecular weight is 378 g/mol. The molecule has 114 valence electrons. The van der Waals surface area contributed by atoms with Gasteiger partial charge >= 0.3 is 5.97 Å². The van der Waals surface area contributed by atoms with E-state index in [-0.39, 0.29) is 31.2 Å². The standard InChI is InChI=1S/C15H8Cl4O3/c1-22-15(21)9-8(10(16)12(18)13(19)11(9)17)14(20)7-5-3-2-4-6-7/h2-6H,1H3. The minimum atomic E-state index is -0.829. The van der Waals surface area contributed by atoms with Crippen molar-refractivity contribution in [1.82, 2.24) is 0 Å². The van der Waals surface area contributed by atoms with Crippen molar-refractivity contribution in [2.45, 2.75) is 0 Å². The monoisotopic (exact) mass is 376 g/mol. The van der Waals surface area contributed by atoms with Gasteiger partial charge in [-0.05, 0) is 0 Å². The highest BCUT2D eigenvalue weighted by Gasteiger charge is 2.29. The molecule has 0 bridgehead atoms. The Balaban J connectivity index is 2.79. The zero-order valence-electron chi connectivity index (χ0n) is 11.1. The molecule has 0 aliphatic rings. The average Bonchev–Trinajstić information content (AvgIpc) is 2.55. The van der Waals surface area contributed by atoms with Gasteiger partial charge in [0, 0.05) is 5.56 Å². The summed E-state index contributed by atoms with van der Waals surface area (Å²) in [5.74, 6) is -1.34. The number of hydrogen-bond donors (Lipinski definition) is 0. The van der Waals surface area contributed by atoms with Gasteiger partial charge in [-0.3, -0.25) is 4.79 Å². The molecule has 0 aromatic heterocycles. The molecule has 2 aromatic carbocycles. The van der Waals surface area contributed by atoms with Gasteiger partial charge in [0.15, 0.2) is 5.78 Å². The molecule has 0 aliphatic carbocycles. The molecule has 0 heterocycles. The smallest absolute Gasteiger partial charge is 0.340 e. The molecule has 0 fully saturated rings. The van der Waals surface area contributed by atoms with Crippen LogP contribution in [0.15, 0.2) is 30.3 Å². The van der Waals surface area contributed by atoms with E-state index in [1.54, 1.807) is 30.3 Å². The Morgan fingerprint density at radius 2 is 1.32 bits per heavy atom. The van der Waals surface area contributed by atoms with E-state index in [4.69, 9.17) is 46.4 Å². The van der Waals surface area contributed by atoms with Crippen LogP contribution in [-0.2, 0) is 4.74 Å². The summed E-state index contributed by atoms with van der Waals surface area (Å²) in [6.45, 7) is 0. The molecule has 0 radical (unpaired) electrons. The zero-order chi connectivity index (χ0) is 16.4. The van der Waals surface area contributed by atoms with Crippen LogP contribution in [0.25, 0.3) is 0 Å². The number of benzene rings is 2. The third kappa shape index (κ3) is 2.95. The number of ketones is 1. The maximum atomic E-state index is 12.7. The molecule has 0 N–H and O–H groups in total. The molecule has 0 saturated carbocycles. The number of carbonyl (C=O) groups excluding carboxylic acids is 2. The van der Waals surface area contributed by atoms with Crippen molar-refractivity contribution in [2.24, 2.45) is 0 Å². The minimum absolute atomic E-state index is 0.0970. The summed E-state index contributed by atoms with van der Waals surface area (Å²) in [4.78, 5) is 24.7. The van der Waals surface area contributed by atoms with Crippen LogP contribution in [0.5, 0.6) is 0 Å². The van der Waals surface area contributed by atoms with Gasteiger partial charge in [-0.2, -0.15) is 0 Å². The van der Waals surface area contributed by atoms with Crippen LogP contribution in [0, 0.1) is 0 Å². The number of carbonyl (C=O) groups is 2. The Bertz CT molecular complexity index is 757. The highest BCUT2D eigenvalue weighted by Crippen LogP contribution is 2.42. The van der Waals surface area contributed by atoms with Crippen molar-refractivity contribution in [2.75, 3.05) is 7.11 Å². The second-order valence-corrected chi connectivity index (χ2v) is 5.70. The highest BCUT2D eigenvalue weighted by molar-refractivity contribution is 6.54. The molecule has 7 heteroatoms. The van der Waals surface area contributed by atoms with E-state index in [9.17, 15) is 9.59 Å². The first-order chi connectivity index (χ1) is 10.4. The third-order valence-electron chi connectivity index (χ3n) is 2.92. The summed E-state index contributed by atoms with van der Waals surface area (Å²) in [7, 11) is 1.16. The molecule has 0 amide bonds. The Hall–Kier alpha value is -1.26. The number of ether oxygens (including phenoxy) is 1. The van der Waals surface area contributed by atoms with Crippen molar-refractivity contribution in [1.29, 1.82) is 0 Å². The van der Waals surface area contributed by atoms with Crippen LogP contribution in [0.4, 0.5) is 0 Å². The second-order valence-electron chi connectivity index (χ2n) is 4.19. The molecule has 2 rings (SSSR count). The molecule has 0 unspecified atom stereocenters. The Morgan fingerprint density at radius 1 is 0.818 bits per heavy atom. The largest absolute Gasteiger partial charge is 0.465 e. The van der Waals surface area contributed by atoms with Crippen molar-refractivity contribution in [3.8, 4) is 0 Å². The van der Waals surface area contributed by atoms with E-state index >= 15 is 0 Å². The summed E-state index contributed by atoms with van der Waals surface area (Å²) in [5.41, 5.74) is -0.0273. The zero-order valence-corrected chi connectivity index (χ0v) is 14.1. The first kappa shape index (κ1) is 17.1. The van der Waals surface area contributed by atoms with Gasteiger partial charge in [0.05, 0.1) is 38.3 Å². The third-order valence-corrected chi connectivity index (χ3v) is 4.72. The van der Waals surface area contributed by atoms with E-state index in [0.29, 0.717) is 5.56 Å². The number of esters is 1. The normalized spacial score (nSPS) is 10.4. The molecule has 0 atom stereocenters. The molecule has 0 aliphatic heterocycles. The van der Waals surface area contributed by atoms with Crippen molar-refractivity contribution in [3.05, 3.63) is 67.1 Å². The predicted molar refractivity (Wildman–Crippen MR) is 87.7 cm³/mol. The van der Waals surface area contributed by atoms with Crippen molar-refractivity contribution >= 4 is 58.2 Å². The maximum absolute atomic E-state index is 12.7. The number of rotatable bonds is 3. The first-order valence-electron chi connectivity index (χ1n) is 5.94. The lowest BCUT2D eigenvalue weighted by Crippen LogP contribution is -2.14. The summed E-state index contributed by atoms with van der Waals surface area (Å²) >= 11 is 24.1. The lowest BCUT2D eigenvalue weighted by atomic mass is 9.98. The maximum Gasteiger partial charge on any atom is 0.340 e. The van der Waals surface area contributed by atoms with E-state index in [0.717, 1.165) is 7.11 Å². The van der Waals surface area contributed by atoms with Crippen LogP contribution in [0.3, 0.4) is 0 Å². The van der Waals surface area contributed by atoms with Gasteiger partial charge in [0.1, 0.15) is 0 Å². The van der Waals surface area contributed by atoms with Gasteiger partial charge in [-0.1, -0.05) is 76.7 Å². The number of hydrogen-bond acceptors (Lipinski definition) is 3. The quantitative estimate of drug-likeness (QED) is 0.314. The fourth-order valence-corrected chi connectivity index (χ4v) is 2.89. The minimum Gasteiger partial charge on any atom is -0.465 e. The van der Waals surface area contributed by atoms with E-state index < -0.39 is 11.8 Å². The van der Waals surface area contributed by atoms with Crippen LogP contribution in [-0.4, -0.2) is 18.9 Å². The summed E-state index contributed by atoms with van der Waals surface area (Å²) in [5, 5.41) is -0.536. The molecule has 3 nitrogen and oxygen atoms in total. The van der Waals surface area contributed by atoms with Gasteiger partial charge in [0.2, 0.25) is 0 Å². The highest BCUT2D eigenvalue weighted by atomic mass is 35.5. The van der Waals surface area contributed by atoms with Gasteiger partial charge in [0.25, 0.3) is 0 Å². The summed E-state index contributed by atoms with van der Waals surface area (Å²) < 4.78 is 4.66. The Morgan fingerprint density at radius 3 is 1.82 bits per heavy atom. The molecule has 22 heavy (non-hydrogen) atoms. The molecule has 0 saturated heterocycles. The van der Waals surface area contributed by atoms with E-state index in [2.05, 4.69) is 4.74 Å². The fraction of sp³-hybridized carbons (Fsp3) is 0.0667. The SMILES string of the molecule is COC(=O)c1c(Cl)c(Cl)c(Cl)c(Cl)c1C(=O)c1ccccc1. The summed E-state index contributed by atoms with van der Waals surface area (Å²) in [6, 6.07) is 8.27. The lowest BCUT2D eigenvalue weighted by molar-refractivity contribution is 0.0597. The number of halogens is 4. The molecular weight excluding hydrogens is 370 g/mol. The van der Waals surface area contributed by atoms with Crippen LogP contribution >= 0.6 is 46.4 Å². The van der Waals surface area contributed by atoms with Gasteiger partial charge in [-0.15, -0.1) is 0 Å². The van der Waals surface area contributed by atoms with Crippen molar-refractivity contribution < 1.29 is 14.3 Å². The van der Waals surface area contributed by atoms with E-state index in [1.807, 2.05) is 0 Å². The molecule has 2 aromatic rings. The van der Waals surface area contributed by atoms with Crippen LogP contribution in [0.2, 0.25) is 20.1 Å². The van der Waals surface area contributed by atoms with Crippen LogP contribution < -0.4 is 0 Å². The second kappa shape index (κ2) is 6.88. The topological polar surface area (TPSA) is 43.4 Å². The van der Waals surface area contributed by atoms with Gasteiger partial charge < -0.3 is 4.74 Å².